The Kier molecular flexibility index (Phi) is 7.02. The van der Waals surface area contributed by atoms with E-state index in [9.17, 15) is 14.0 Å². The molecule has 30 heavy (non-hydrogen) atoms. The minimum Gasteiger partial charge on any atom is -0.478 e. The van der Waals surface area contributed by atoms with Crippen LogP contribution in [-0.4, -0.2) is 27.8 Å². The first-order valence-electron chi connectivity index (χ1n) is 8.95. The zero-order valence-electron chi connectivity index (χ0n) is 16.2. The molecule has 0 saturated heterocycles. The molecule has 8 nitrogen and oxygen atoms in total. The van der Waals surface area contributed by atoms with E-state index >= 15 is 0 Å². The maximum Gasteiger partial charge on any atom is 0.277 e. The molecule has 1 atom stereocenters. The summed E-state index contributed by atoms with van der Waals surface area (Å²) in [6, 6.07) is 12.8. The molecule has 3 aromatic rings. The van der Waals surface area contributed by atoms with Gasteiger partial charge in [-0.2, -0.15) is 0 Å². The highest BCUT2D eigenvalue weighted by Crippen LogP contribution is 2.25. The summed E-state index contributed by atoms with van der Waals surface area (Å²) in [4.78, 5) is 23.1. The molecule has 156 valence electrons. The number of anilines is 2. The molecule has 0 saturated carbocycles. The van der Waals surface area contributed by atoms with Crippen molar-refractivity contribution in [2.45, 2.75) is 25.2 Å². The number of carbonyl (C=O) groups excluding carboxylic acids is 2. The number of hydrogen-bond acceptors (Lipinski definition) is 7. The van der Waals surface area contributed by atoms with Gasteiger partial charge in [0.2, 0.25) is 11.8 Å². The van der Waals surface area contributed by atoms with E-state index in [-0.39, 0.29) is 34.4 Å². The molecule has 1 aromatic heterocycles. The SMILES string of the molecule is CC(=O)Nc1ccc(NC(=O)CSc2nnc([C@@H](C)Oc3ccccc3F)o2)cc1. The molecule has 2 amide bonds. The summed E-state index contributed by atoms with van der Waals surface area (Å²) in [5.41, 5.74) is 1.23. The van der Waals surface area contributed by atoms with Gasteiger partial charge in [-0.3, -0.25) is 9.59 Å². The van der Waals surface area contributed by atoms with Gasteiger partial charge in [0.15, 0.2) is 17.7 Å². The van der Waals surface area contributed by atoms with Gasteiger partial charge in [-0.25, -0.2) is 4.39 Å². The van der Waals surface area contributed by atoms with Crippen LogP contribution in [-0.2, 0) is 9.59 Å². The van der Waals surface area contributed by atoms with E-state index in [0.717, 1.165) is 11.8 Å². The van der Waals surface area contributed by atoms with Crippen LogP contribution in [0.3, 0.4) is 0 Å². The lowest BCUT2D eigenvalue weighted by molar-refractivity contribution is -0.114. The number of carbonyl (C=O) groups is 2. The summed E-state index contributed by atoms with van der Waals surface area (Å²) < 4.78 is 24.7. The number of para-hydroxylation sites is 1. The normalized spacial score (nSPS) is 11.6. The van der Waals surface area contributed by atoms with Crippen molar-refractivity contribution in [2.75, 3.05) is 16.4 Å². The van der Waals surface area contributed by atoms with E-state index in [1.54, 1.807) is 43.3 Å². The van der Waals surface area contributed by atoms with Gasteiger partial charge in [0.1, 0.15) is 0 Å². The maximum atomic E-state index is 13.7. The van der Waals surface area contributed by atoms with Gasteiger partial charge in [-0.05, 0) is 43.3 Å². The number of rotatable bonds is 8. The topological polar surface area (TPSA) is 106 Å². The zero-order valence-corrected chi connectivity index (χ0v) is 17.0. The van der Waals surface area contributed by atoms with Gasteiger partial charge in [-0.1, -0.05) is 23.9 Å². The third kappa shape index (κ3) is 6.05. The lowest BCUT2D eigenvalue weighted by atomic mass is 10.3. The number of thioether (sulfide) groups is 1. The third-order valence-corrected chi connectivity index (χ3v) is 4.54. The Bertz CT molecular complexity index is 1030. The van der Waals surface area contributed by atoms with Crippen LogP contribution in [0.1, 0.15) is 25.8 Å². The average Bonchev–Trinajstić information content (AvgIpc) is 3.18. The average molecular weight is 430 g/mol. The van der Waals surface area contributed by atoms with Crippen molar-refractivity contribution in [3.05, 3.63) is 60.2 Å². The number of aromatic nitrogens is 2. The minimum absolute atomic E-state index is 0.0532. The number of nitrogens with one attached hydrogen (secondary N) is 2. The second kappa shape index (κ2) is 9.88. The molecule has 0 unspecified atom stereocenters. The van der Waals surface area contributed by atoms with Crippen molar-refractivity contribution in [1.82, 2.24) is 10.2 Å². The van der Waals surface area contributed by atoms with Gasteiger partial charge in [0, 0.05) is 18.3 Å². The summed E-state index contributed by atoms with van der Waals surface area (Å²) in [5.74, 6) is -0.604. The number of halogens is 1. The van der Waals surface area contributed by atoms with E-state index < -0.39 is 11.9 Å². The summed E-state index contributed by atoms with van der Waals surface area (Å²) in [6.07, 6.45) is -0.653. The number of ether oxygens (including phenoxy) is 1. The summed E-state index contributed by atoms with van der Waals surface area (Å²) >= 11 is 1.07. The van der Waals surface area contributed by atoms with Crippen molar-refractivity contribution < 1.29 is 23.1 Å². The molecule has 0 radical (unpaired) electrons. The Balaban J connectivity index is 1.49. The second-order valence-corrected chi connectivity index (χ2v) is 7.12. The van der Waals surface area contributed by atoms with E-state index in [4.69, 9.17) is 9.15 Å². The van der Waals surface area contributed by atoms with Crippen molar-refractivity contribution in [2.24, 2.45) is 0 Å². The fraction of sp³-hybridized carbons (Fsp3) is 0.200. The second-order valence-electron chi connectivity index (χ2n) is 6.19. The highest BCUT2D eigenvalue weighted by Gasteiger charge is 2.18. The molecule has 3 rings (SSSR count). The highest BCUT2D eigenvalue weighted by molar-refractivity contribution is 7.99. The highest BCUT2D eigenvalue weighted by atomic mass is 32.2. The standard InChI is InChI=1S/C20H19FN4O4S/c1-12(28-17-6-4-3-5-16(17)21)19-24-25-20(29-19)30-11-18(27)23-15-9-7-14(8-10-15)22-13(2)26/h3-10,12H,11H2,1-2H3,(H,22,26)(H,23,27)/t12-/m1/s1. The smallest absolute Gasteiger partial charge is 0.277 e. The van der Waals surface area contributed by atoms with Crippen LogP contribution in [0.5, 0.6) is 5.75 Å². The van der Waals surface area contributed by atoms with Crippen molar-refractivity contribution in [3.8, 4) is 5.75 Å². The number of hydrogen-bond donors (Lipinski definition) is 2. The fourth-order valence-electron chi connectivity index (χ4n) is 2.39. The molecular weight excluding hydrogens is 411 g/mol. The Labute approximate surface area is 176 Å². The van der Waals surface area contributed by atoms with E-state index in [1.807, 2.05) is 0 Å². The summed E-state index contributed by atoms with van der Waals surface area (Å²) in [5, 5.41) is 13.3. The lowest BCUT2D eigenvalue weighted by Gasteiger charge is -2.11. The fourth-order valence-corrected chi connectivity index (χ4v) is 2.96. The number of nitrogens with zero attached hydrogens (tertiary/aromatic N) is 2. The molecule has 0 aliphatic carbocycles. The third-order valence-electron chi connectivity index (χ3n) is 3.73. The van der Waals surface area contributed by atoms with E-state index in [2.05, 4.69) is 20.8 Å². The van der Waals surface area contributed by atoms with Gasteiger partial charge >= 0.3 is 0 Å². The maximum absolute atomic E-state index is 13.7. The Morgan fingerprint density at radius 1 is 1.10 bits per heavy atom. The van der Waals surface area contributed by atoms with Crippen molar-refractivity contribution >= 4 is 35.0 Å². The van der Waals surface area contributed by atoms with Crippen molar-refractivity contribution in [3.63, 3.8) is 0 Å². The Hall–Kier alpha value is -3.40. The molecule has 10 heteroatoms. The van der Waals surface area contributed by atoms with Gasteiger partial charge < -0.3 is 19.8 Å². The molecule has 1 heterocycles. The molecule has 0 aliphatic rings. The molecule has 0 aliphatic heterocycles. The van der Waals surface area contributed by atoms with Crippen LogP contribution < -0.4 is 15.4 Å². The first kappa shape index (κ1) is 21.3. The number of amides is 2. The minimum atomic E-state index is -0.653. The molecule has 2 aromatic carbocycles. The van der Waals surface area contributed by atoms with Crippen LogP contribution in [0.2, 0.25) is 0 Å². The van der Waals surface area contributed by atoms with Gasteiger partial charge in [0.25, 0.3) is 11.1 Å². The van der Waals surface area contributed by atoms with Gasteiger partial charge in [0.05, 0.1) is 5.75 Å². The molecule has 2 N–H and O–H groups in total. The van der Waals surface area contributed by atoms with Crippen LogP contribution in [0.15, 0.2) is 58.2 Å². The number of benzene rings is 2. The quantitative estimate of drug-likeness (QED) is 0.520. The predicted octanol–water partition coefficient (Wildman–Crippen LogP) is 4.04. The van der Waals surface area contributed by atoms with Crippen LogP contribution in [0, 0.1) is 5.82 Å². The van der Waals surface area contributed by atoms with Crippen LogP contribution >= 0.6 is 11.8 Å². The van der Waals surface area contributed by atoms with E-state index in [0.29, 0.717) is 11.4 Å². The molecule has 0 bridgehead atoms. The molecule has 0 spiro atoms. The van der Waals surface area contributed by atoms with Crippen LogP contribution in [0.25, 0.3) is 0 Å². The van der Waals surface area contributed by atoms with Gasteiger partial charge in [-0.15, -0.1) is 10.2 Å². The first-order chi connectivity index (χ1) is 14.4. The van der Waals surface area contributed by atoms with Crippen LogP contribution in [0.4, 0.5) is 15.8 Å². The predicted molar refractivity (Wildman–Crippen MR) is 110 cm³/mol. The monoisotopic (exact) mass is 430 g/mol. The molecular formula is C20H19FN4O4S. The summed E-state index contributed by atoms with van der Waals surface area (Å²) in [7, 11) is 0. The van der Waals surface area contributed by atoms with Crippen molar-refractivity contribution in [1.29, 1.82) is 0 Å². The Morgan fingerprint density at radius 2 is 1.77 bits per heavy atom. The molecule has 0 fully saturated rings. The van der Waals surface area contributed by atoms with E-state index in [1.165, 1.54) is 19.1 Å². The lowest BCUT2D eigenvalue weighted by Crippen LogP contribution is -2.14. The first-order valence-corrected chi connectivity index (χ1v) is 9.94. The summed E-state index contributed by atoms with van der Waals surface area (Å²) in [6.45, 7) is 3.08. The zero-order chi connectivity index (χ0) is 21.5. The largest absolute Gasteiger partial charge is 0.478 e. The Morgan fingerprint density at radius 3 is 2.43 bits per heavy atom.